The van der Waals surface area contributed by atoms with E-state index in [2.05, 4.69) is 41.5 Å². The Hall–Kier alpha value is -2.07. The summed E-state index contributed by atoms with van der Waals surface area (Å²) in [5.74, 6) is 1.58. The Morgan fingerprint density at radius 2 is 2.00 bits per heavy atom. The number of piperidine rings is 1. The largest absolute Gasteiger partial charge is 0.355 e. The first-order valence-corrected chi connectivity index (χ1v) is 10.3. The summed E-state index contributed by atoms with van der Waals surface area (Å²) in [7, 11) is 0. The maximum absolute atomic E-state index is 9.28. The molecule has 0 bridgehead atoms. The van der Waals surface area contributed by atoms with Crippen LogP contribution in [0.1, 0.15) is 49.9 Å². The van der Waals surface area contributed by atoms with E-state index in [0.29, 0.717) is 17.6 Å². The number of aromatic nitrogens is 2. The van der Waals surface area contributed by atoms with Gasteiger partial charge in [0.05, 0.1) is 11.6 Å². The SMILES string of the molecule is CCCc1cc(N2CCC[C@@H](NCC)C2)nc(Nc2ccc(C)c(C#N)c2)n1.Cl.Cl. The fraction of sp³-hybridized carbons (Fsp3) is 0.500. The summed E-state index contributed by atoms with van der Waals surface area (Å²) in [6, 6.07) is 10.6. The topological polar surface area (TPSA) is 76.9 Å². The summed E-state index contributed by atoms with van der Waals surface area (Å²) in [6.45, 7) is 9.24. The van der Waals surface area contributed by atoms with Gasteiger partial charge in [0, 0.05) is 36.6 Å². The number of anilines is 3. The third-order valence-corrected chi connectivity index (χ3v) is 5.12. The van der Waals surface area contributed by atoms with Gasteiger partial charge in [-0.1, -0.05) is 26.3 Å². The van der Waals surface area contributed by atoms with Crippen LogP contribution < -0.4 is 15.5 Å². The summed E-state index contributed by atoms with van der Waals surface area (Å²) in [4.78, 5) is 11.9. The molecule has 1 saturated heterocycles. The summed E-state index contributed by atoms with van der Waals surface area (Å²) in [5.41, 5.74) is 3.52. The van der Waals surface area contributed by atoms with Gasteiger partial charge < -0.3 is 15.5 Å². The quantitative estimate of drug-likeness (QED) is 0.631. The molecule has 2 N–H and O–H groups in total. The molecule has 0 amide bonds. The third kappa shape index (κ3) is 6.73. The van der Waals surface area contributed by atoms with Crippen molar-refractivity contribution in [2.45, 2.75) is 52.5 Å². The van der Waals surface area contributed by atoms with Crippen LogP contribution in [0.4, 0.5) is 17.5 Å². The fourth-order valence-electron chi connectivity index (χ4n) is 3.68. The van der Waals surface area contributed by atoms with Crippen LogP contribution in [0.2, 0.25) is 0 Å². The van der Waals surface area contributed by atoms with Gasteiger partial charge in [-0.15, -0.1) is 24.8 Å². The predicted octanol–water partition coefficient (Wildman–Crippen LogP) is 4.77. The molecule has 0 aliphatic carbocycles. The summed E-state index contributed by atoms with van der Waals surface area (Å²) >= 11 is 0. The monoisotopic (exact) mass is 450 g/mol. The highest BCUT2D eigenvalue weighted by Gasteiger charge is 2.21. The molecule has 0 spiro atoms. The van der Waals surface area contributed by atoms with Crippen LogP contribution in [0.25, 0.3) is 0 Å². The lowest BCUT2D eigenvalue weighted by molar-refractivity contribution is 0.429. The molecule has 0 saturated carbocycles. The minimum absolute atomic E-state index is 0. The average Bonchev–Trinajstić information content (AvgIpc) is 2.70. The molecule has 1 aliphatic rings. The van der Waals surface area contributed by atoms with Crippen molar-refractivity contribution in [2.24, 2.45) is 0 Å². The van der Waals surface area contributed by atoms with Crippen molar-refractivity contribution in [3.05, 3.63) is 41.1 Å². The van der Waals surface area contributed by atoms with E-state index in [1.165, 1.54) is 6.42 Å². The van der Waals surface area contributed by atoms with Gasteiger partial charge in [0.1, 0.15) is 5.82 Å². The van der Waals surface area contributed by atoms with Crippen molar-refractivity contribution in [3.63, 3.8) is 0 Å². The molecule has 8 heteroatoms. The molecule has 1 aromatic carbocycles. The highest BCUT2D eigenvalue weighted by molar-refractivity contribution is 5.85. The molecule has 1 fully saturated rings. The molecule has 164 valence electrons. The number of benzene rings is 1. The highest BCUT2D eigenvalue weighted by Crippen LogP contribution is 2.23. The zero-order valence-electron chi connectivity index (χ0n) is 17.9. The number of nitrogens with zero attached hydrogens (tertiary/aromatic N) is 4. The van der Waals surface area contributed by atoms with Crippen LogP contribution in [0.15, 0.2) is 24.3 Å². The molecular weight excluding hydrogens is 419 g/mol. The van der Waals surface area contributed by atoms with Crippen LogP contribution in [0, 0.1) is 18.3 Å². The third-order valence-electron chi connectivity index (χ3n) is 5.12. The van der Waals surface area contributed by atoms with Crippen LogP contribution in [-0.2, 0) is 6.42 Å². The van der Waals surface area contributed by atoms with E-state index in [-0.39, 0.29) is 24.8 Å². The fourth-order valence-corrected chi connectivity index (χ4v) is 3.68. The smallest absolute Gasteiger partial charge is 0.229 e. The van der Waals surface area contributed by atoms with Crippen LogP contribution >= 0.6 is 24.8 Å². The first-order valence-electron chi connectivity index (χ1n) is 10.3. The molecule has 1 aliphatic heterocycles. The van der Waals surface area contributed by atoms with E-state index in [1.54, 1.807) is 0 Å². The van der Waals surface area contributed by atoms with Crippen LogP contribution in [0.3, 0.4) is 0 Å². The predicted molar refractivity (Wildman–Crippen MR) is 129 cm³/mol. The van der Waals surface area contributed by atoms with E-state index >= 15 is 0 Å². The standard InChI is InChI=1S/C22H30N6.2ClH/c1-4-7-18-13-21(28-11-6-8-20(15-28)24-5-2)27-22(25-18)26-19-10-9-16(3)17(12-19)14-23;;/h9-10,12-13,20,24H,4-8,11,15H2,1-3H3,(H,25,26,27);2*1H/t20-;;/m1../s1. The first kappa shape index (κ1) is 26.0. The maximum atomic E-state index is 9.28. The van der Waals surface area contributed by atoms with Crippen molar-refractivity contribution in [2.75, 3.05) is 29.9 Å². The van der Waals surface area contributed by atoms with Gasteiger partial charge in [-0.2, -0.15) is 10.2 Å². The number of nitrogens with one attached hydrogen (secondary N) is 2. The zero-order valence-corrected chi connectivity index (χ0v) is 19.6. The minimum atomic E-state index is 0. The lowest BCUT2D eigenvalue weighted by atomic mass is 10.1. The highest BCUT2D eigenvalue weighted by atomic mass is 35.5. The number of hydrogen-bond donors (Lipinski definition) is 2. The Bertz CT molecular complexity index is 850. The van der Waals surface area contributed by atoms with Gasteiger partial charge in [0.25, 0.3) is 0 Å². The average molecular weight is 451 g/mol. The van der Waals surface area contributed by atoms with Crippen molar-refractivity contribution in [1.29, 1.82) is 5.26 Å². The van der Waals surface area contributed by atoms with Gasteiger partial charge in [-0.05, 0) is 50.4 Å². The van der Waals surface area contributed by atoms with Crippen LogP contribution in [-0.4, -0.2) is 35.6 Å². The normalized spacial score (nSPS) is 15.5. The molecule has 30 heavy (non-hydrogen) atoms. The minimum Gasteiger partial charge on any atom is -0.355 e. The number of likely N-dealkylation sites (N-methyl/N-ethyl adjacent to an activating group) is 1. The molecule has 6 nitrogen and oxygen atoms in total. The molecule has 0 unspecified atom stereocenters. The summed E-state index contributed by atoms with van der Waals surface area (Å²) in [5, 5.41) is 16.2. The Kier molecular flexibility index (Phi) is 10.9. The number of halogens is 2. The van der Waals surface area contributed by atoms with Gasteiger partial charge in [0.2, 0.25) is 5.95 Å². The molecule has 1 aromatic heterocycles. The lowest BCUT2D eigenvalue weighted by Crippen LogP contribution is -2.46. The number of aryl methyl sites for hydroxylation is 2. The second-order valence-corrected chi connectivity index (χ2v) is 7.40. The lowest BCUT2D eigenvalue weighted by Gasteiger charge is -2.34. The first-order chi connectivity index (χ1) is 13.6. The van der Waals surface area contributed by atoms with Crippen molar-refractivity contribution in [1.82, 2.24) is 15.3 Å². The van der Waals surface area contributed by atoms with Crippen molar-refractivity contribution < 1.29 is 0 Å². The maximum Gasteiger partial charge on any atom is 0.229 e. The molecule has 0 radical (unpaired) electrons. The Morgan fingerprint density at radius 3 is 2.70 bits per heavy atom. The molecule has 2 heterocycles. The second-order valence-electron chi connectivity index (χ2n) is 7.40. The van der Waals surface area contributed by atoms with E-state index in [4.69, 9.17) is 9.97 Å². The Morgan fingerprint density at radius 1 is 1.20 bits per heavy atom. The van der Waals surface area contributed by atoms with Gasteiger partial charge in [0.15, 0.2) is 0 Å². The molecule has 2 aromatic rings. The van der Waals surface area contributed by atoms with Gasteiger partial charge >= 0.3 is 0 Å². The van der Waals surface area contributed by atoms with E-state index in [1.807, 2.05) is 25.1 Å². The second kappa shape index (κ2) is 12.6. The summed E-state index contributed by atoms with van der Waals surface area (Å²) < 4.78 is 0. The number of nitriles is 1. The van der Waals surface area contributed by atoms with Crippen molar-refractivity contribution in [3.8, 4) is 6.07 Å². The number of rotatable bonds is 7. The van der Waals surface area contributed by atoms with Crippen molar-refractivity contribution >= 4 is 42.3 Å². The van der Waals surface area contributed by atoms with Gasteiger partial charge in [-0.25, -0.2) is 4.98 Å². The zero-order chi connectivity index (χ0) is 19.9. The Labute approximate surface area is 192 Å². The summed E-state index contributed by atoms with van der Waals surface area (Å²) in [6.07, 6.45) is 4.34. The van der Waals surface area contributed by atoms with Gasteiger partial charge in [-0.3, -0.25) is 0 Å². The molecule has 1 atom stereocenters. The molecule has 3 rings (SSSR count). The molecular formula is C22H32Cl2N6. The number of hydrogen-bond acceptors (Lipinski definition) is 6. The van der Waals surface area contributed by atoms with E-state index < -0.39 is 0 Å². The van der Waals surface area contributed by atoms with E-state index in [9.17, 15) is 5.26 Å². The Balaban J connectivity index is 0.00000225. The van der Waals surface area contributed by atoms with Crippen LogP contribution in [0.5, 0.6) is 0 Å². The van der Waals surface area contributed by atoms with E-state index in [0.717, 1.165) is 61.7 Å².